The minimum Gasteiger partial charge on any atom is -0.550 e. The molecule has 0 aromatic rings. The Balaban J connectivity index is 1.97. The Bertz CT molecular complexity index is 276. The summed E-state index contributed by atoms with van der Waals surface area (Å²) in [5.74, 6) is -0.140. The van der Waals surface area contributed by atoms with E-state index in [4.69, 9.17) is 0 Å². The zero-order valence-electron chi connectivity index (χ0n) is 6.82. The summed E-state index contributed by atoms with van der Waals surface area (Å²) in [4.78, 5) is 10.8. The fourth-order valence-corrected chi connectivity index (χ4v) is 3.24. The van der Waals surface area contributed by atoms with Crippen molar-refractivity contribution in [3.05, 3.63) is 12.2 Å². The molecule has 0 heterocycles. The molecule has 3 rings (SSSR count). The third kappa shape index (κ3) is 0.563. The molecule has 3 aliphatic carbocycles. The van der Waals surface area contributed by atoms with Crippen LogP contribution in [0.5, 0.6) is 0 Å². The molecule has 3 atom stereocenters. The lowest BCUT2D eigenvalue weighted by atomic mass is 9.89. The quantitative estimate of drug-likeness (QED) is 0.523. The highest BCUT2D eigenvalue weighted by Gasteiger charge is 2.62. The fraction of sp³-hybridized carbons (Fsp3) is 0.700. The van der Waals surface area contributed by atoms with E-state index >= 15 is 0 Å². The Morgan fingerprint density at radius 3 is 2.58 bits per heavy atom. The predicted molar refractivity (Wildman–Crippen MR) is 40.9 cm³/mol. The summed E-state index contributed by atoms with van der Waals surface area (Å²) in [6.07, 6.45) is 7.64. The maximum atomic E-state index is 10.8. The second kappa shape index (κ2) is 1.76. The number of aliphatic carboxylic acids is 1. The zero-order chi connectivity index (χ0) is 8.34. The Morgan fingerprint density at radius 1 is 1.42 bits per heavy atom. The lowest BCUT2D eigenvalue weighted by Gasteiger charge is -2.20. The van der Waals surface area contributed by atoms with Gasteiger partial charge in [0.05, 0.1) is 0 Å². The van der Waals surface area contributed by atoms with E-state index in [1.165, 1.54) is 12.8 Å². The largest absolute Gasteiger partial charge is 0.550 e. The van der Waals surface area contributed by atoms with Gasteiger partial charge in [0.1, 0.15) is 0 Å². The lowest BCUT2D eigenvalue weighted by Crippen LogP contribution is -2.34. The molecule has 0 saturated heterocycles. The second-order valence-corrected chi connectivity index (χ2v) is 4.41. The number of carboxylic acid groups (broad SMARTS) is 1. The van der Waals surface area contributed by atoms with Crippen molar-refractivity contribution in [1.82, 2.24) is 0 Å². The minimum absolute atomic E-state index is 0.178. The van der Waals surface area contributed by atoms with Crippen molar-refractivity contribution in [3.8, 4) is 0 Å². The van der Waals surface area contributed by atoms with Gasteiger partial charge in [-0.15, -0.1) is 0 Å². The van der Waals surface area contributed by atoms with Crippen LogP contribution in [0.15, 0.2) is 12.2 Å². The van der Waals surface area contributed by atoms with Crippen molar-refractivity contribution >= 4 is 5.97 Å². The Labute approximate surface area is 71.3 Å². The molecular formula is C10H11O2-. The van der Waals surface area contributed by atoms with E-state index in [0.29, 0.717) is 17.3 Å². The Hall–Kier alpha value is -0.790. The van der Waals surface area contributed by atoms with Gasteiger partial charge < -0.3 is 9.90 Å². The van der Waals surface area contributed by atoms with Crippen LogP contribution in [-0.4, -0.2) is 5.97 Å². The number of rotatable bonds is 1. The van der Waals surface area contributed by atoms with Crippen LogP contribution in [0.2, 0.25) is 0 Å². The summed E-state index contributed by atoms with van der Waals surface area (Å²) in [6, 6.07) is 0. The molecule has 0 amide bonds. The van der Waals surface area contributed by atoms with Gasteiger partial charge in [-0.3, -0.25) is 0 Å². The average Bonchev–Trinajstić information content (AvgIpc) is 2.69. The summed E-state index contributed by atoms with van der Waals surface area (Å²) >= 11 is 0. The van der Waals surface area contributed by atoms with Crippen LogP contribution < -0.4 is 5.11 Å². The van der Waals surface area contributed by atoms with Crippen molar-refractivity contribution in [2.45, 2.75) is 19.3 Å². The van der Waals surface area contributed by atoms with E-state index in [1.54, 1.807) is 0 Å². The maximum Gasteiger partial charge on any atom is 0.0451 e. The van der Waals surface area contributed by atoms with Crippen LogP contribution in [0, 0.1) is 23.2 Å². The van der Waals surface area contributed by atoms with Gasteiger partial charge in [0, 0.05) is 11.9 Å². The zero-order valence-corrected chi connectivity index (χ0v) is 6.82. The van der Waals surface area contributed by atoms with Gasteiger partial charge >= 0.3 is 0 Å². The summed E-state index contributed by atoms with van der Waals surface area (Å²) in [5, 5.41) is 10.8. The van der Waals surface area contributed by atoms with Crippen molar-refractivity contribution < 1.29 is 9.90 Å². The first-order valence-corrected chi connectivity index (χ1v) is 4.63. The van der Waals surface area contributed by atoms with Gasteiger partial charge in [-0.2, -0.15) is 0 Å². The van der Waals surface area contributed by atoms with Crippen LogP contribution in [0.25, 0.3) is 0 Å². The van der Waals surface area contributed by atoms with Crippen LogP contribution >= 0.6 is 0 Å². The van der Waals surface area contributed by atoms with E-state index in [2.05, 4.69) is 12.2 Å². The molecule has 2 saturated carbocycles. The van der Waals surface area contributed by atoms with Gasteiger partial charge in [-0.05, 0) is 36.5 Å². The van der Waals surface area contributed by atoms with Crippen molar-refractivity contribution in [2.24, 2.45) is 23.2 Å². The number of carboxylic acids is 1. The van der Waals surface area contributed by atoms with Crippen molar-refractivity contribution in [3.63, 3.8) is 0 Å². The van der Waals surface area contributed by atoms with E-state index in [9.17, 15) is 9.90 Å². The highest BCUT2D eigenvalue weighted by Crippen LogP contribution is 2.69. The van der Waals surface area contributed by atoms with Gasteiger partial charge in [0.25, 0.3) is 0 Å². The van der Waals surface area contributed by atoms with Gasteiger partial charge in [-0.25, -0.2) is 0 Å². The normalized spacial score (nSPS) is 45.5. The molecule has 1 spiro atoms. The Morgan fingerprint density at radius 2 is 2.17 bits per heavy atom. The highest BCUT2D eigenvalue weighted by atomic mass is 16.4. The lowest BCUT2D eigenvalue weighted by molar-refractivity contribution is -0.312. The monoisotopic (exact) mass is 163 g/mol. The summed E-state index contributed by atoms with van der Waals surface area (Å²) in [7, 11) is 0. The Kier molecular flexibility index (Phi) is 0.980. The molecular weight excluding hydrogens is 152 g/mol. The van der Waals surface area contributed by atoms with Crippen molar-refractivity contribution in [2.75, 3.05) is 0 Å². The predicted octanol–water partition coefficient (Wildman–Crippen LogP) is 0.339. The van der Waals surface area contributed by atoms with Crippen LogP contribution in [0.1, 0.15) is 19.3 Å². The molecule has 0 aromatic carbocycles. The van der Waals surface area contributed by atoms with Crippen LogP contribution in [0.3, 0.4) is 0 Å². The molecule has 64 valence electrons. The minimum atomic E-state index is -0.835. The smallest absolute Gasteiger partial charge is 0.0451 e. The molecule has 0 aromatic heterocycles. The summed E-state index contributed by atoms with van der Waals surface area (Å²) in [6.45, 7) is 0. The SMILES string of the molecule is O=C([O-])[C@H]1C[C@H]2C=C[C@H]1C21CC1. The third-order valence-corrected chi connectivity index (χ3v) is 4.02. The molecule has 2 nitrogen and oxygen atoms in total. The molecule has 2 bridgehead atoms. The maximum absolute atomic E-state index is 10.8. The molecule has 0 radical (unpaired) electrons. The van der Waals surface area contributed by atoms with Gasteiger partial charge in [0.2, 0.25) is 0 Å². The van der Waals surface area contributed by atoms with E-state index < -0.39 is 5.97 Å². The van der Waals surface area contributed by atoms with Crippen molar-refractivity contribution in [1.29, 1.82) is 0 Å². The number of hydrogen-bond acceptors (Lipinski definition) is 2. The third-order valence-electron chi connectivity index (χ3n) is 4.02. The second-order valence-electron chi connectivity index (χ2n) is 4.41. The van der Waals surface area contributed by atoms with Crippen LogP contribution in [-0.2, 0) is 4.79 Å². The topological polar surface area (TPSA) is 40.1 Å². The van der Waals surface area contributed by atoms with E-state index in [0.717, 1.165) is 6.42 Å². The van der Waals surface area contributed by atoms with Gasteiger partial charge in [0.15, 0.2) is 0 Å². The first-order valence-electron chi connectivity index (χ1n) is 4.63. The molecule has 2 heteroatoms. The molecule has 2 fully saturated rings. The van der Waals surface area contributed by atoms with Gasteiger partial charge in [-0.1, -0.05) is 12.2 Å². The summed E-state index contributed by atoms with van der Waals surface area (Å²) < 4.78 is 0. The average molecular weight is 163 g/mol. The first kappa shape index (κ1) is 6.70. The fourth-order valence-electron chi connectivity index (χ4n) is 3.24. The molecule has 3 aliphatic rings. The number of allylic oxidation sites excluding steroid dienone is 2. The van der Waals surface area contributed by atoms with Crippen LogP contribution in [0.4, 0.5) is 0 Å². The number of carbonyl (C=O) groups excluding carboxylic acids is 1. The molecule has 0 aliphatic heterocycles. The molecule has 12 heavy (non-hydrogen) atoms. The molecule has 0 unspecified atom stereocenters. The molecule has 0 N–H and O–H groups in total. The van der Waals surface area contributed by atoms with E-state index in [1.807, 2.05) is 0 Å². The highest BCUT2D eigenvalue weighted by molar-refractivity contribution is 5.70. The number of carbonyl (C=O) groups is 1. The number of hydrogen-bond donors (Lipinski definition) is 0. The first-order chi connectivity index (χ1) is 5.74. The standard InChI is InChI=1S/C10H12O2/c11-9(12)7-5-6-1-2-8(7)10(6)3-4-10/h1-2,6-8H,3-5H2,(H,11,12)/p-1/t6-,7+,8-/m1/s1. The van der Waals surface area contributed by atoms with E-state index in [-0.39, 0.29) is 5.92 Å². The summed E-state index contributed by atoms with van der Waals surface area (Å²) in [5.41, 5.74) is 0.394.